The van der Waals surface area contributed by atoms with E-state index in [1.54, 1.807) is 10.7 Å². The van der Waals surface area contributed by atoms with Gasteiger partial charge >= 0.3 is 0 Å². The van der Waals surface area contributed by atoms with Crippen molar-refractivity contribution in [3.8, 4) is 11.3 Å². The second kappa shape index (κ2) is 7.01. The van der Waals surface area contributed by atoms with Crippen LogP contribution in [0.4, 0.5) is 5.82 Å². The molecule has 0 saturated heterocycles. The third-order valence-corrected chi connectivity index (χ3v) is 3.06. The number of aliphatic hydroxyl groups is 1. The number of nitrogens with one attached hydrogen (secondary N) is 1. The molecule has 2 aromatic rings. The summed E-state index contributed by atoms with van der Waals surface area (Å²) in [7, 11) is 1.46. The number of benzene rings is 1. The first-order valence-electron chi connectivity index (χ1n) is 6.69. The number of anilines is 1. The third kappa shape index (κ3) is 3.68. The number of ether oxygens (including phenoxy) is 1. The largest absolute Gasteiger partial charge is 0.394 e. The topological polar surface area (TPSA) is 76.4 Å². The number of hydrogen-bond donors (Lipinski definition) is 2. The molecule has 1 amide bonds. The number of aliphatic hydroxyl groups excluding tert-OH is 1. The van der Waals surface area contributed by atoms with Gasteiger partial charge in [0.05, 0.1) is 18.8 Å². The summed E-state index contributed by atoms with van der Waals surface area (Å²) in [5.74, 6) is 0.289. The Hall–Kier alpha value is -2.18. The number of methoxy groups -OCH3 is 1. The van der Waals surface area contributed by atoms with E-state index < -0.39 is 0 Å². The molecule has 0 bridgehead atoms. The number of amides is 1. The predicted octanol–water partition coefficient (Wildman–Crippen LogP) is 1.44. The van der Waals surface area contributed by atoms with Crippen LogP contribution in [-0.2, 0) is 16.1 Å². The summed E-state index contributed by atoms with van der Waals surface area (Å²) in [4.78, 5) is 11.6. The smallest absolute Gasteiger partial charge is 0.251 e. The van der Waals surface area contributed by atoms with Gasteiger partial charge in [0.2, 0.25) is 0 Å². The highest BCUT2D eigenvalue weighted by Crippen LogP contribution is 2.24. The van der Waals surface area contributed by atoms with Crippen LogP contribution in [0.25, 0.3) is 11.3 Å². The Bertz CT molecular complexity index is 622. The minimum Gasteiger partial charge on any atom is -0.394 e. The summed E-state index contributed by atoms with van der Waals surface area (Å²) in [6.45, 7) is 2.24. The molecule has 1 heterocycles. The fourth-order valence-corrected chi connectivity index (χ4v) is 2.08. The zero-order valence-electron chi connectivity index (χ0n) is 12.2. The van der Waals surface area contributed by atoms with Crippen molar-refractivity contribution >= 4 is 11.7 Å². The molecule has 1 aromatic carbocycles. The molecular weight excluding hydrogens is 270 g/mol. The normalized spacial score (nSPS) is 10.6. The lowest BCUT2D eigenvalue weighted by molar-refractivity contribution is -0.119. The molecule has 0 fully saturated rings. The van der Waals surface area contributed by atoms with Crippen molar-refractivity contribution in [1.82, 2.24) is 9.78 Å². The summed E-state index contributed by atoms with van der Waals surface area (Å²) >= 11 is 0. The van der Waals surface area contributed by atoms with Crippen molar-refractivity contribution in [2.45, 2.75) is 13.5 Å². The predicted molar refractivity (Wildman–Crippen MR) is 80.0 cm³/mol. The Kier molecular flexibility index (Phi) is 5.08. The average molecular weight is 289 g/mol. The molecule has 0 atom stereocenters. The van der Waals surface area contributed by atoms with Gasteiger partial charge in [0.15, 0.2) is 0 Å². The number of carbonyl (C=O) groups is 1. The molecular formula is C15H19N3O3. The second-order valence-corrected chi connectivity index (χ2v) is 4.66. The second-order valence-electron chi connectivity index (χ2n) is 4.66. The van der Waals surface area contributed by atoms with Gasteiger partial charge in [0.1, 0.15) is 12.4 Å². The zero-order chi connectivity index (χ0) is 15.2. The quantitative estimate of drug-likeness (QED) is 0.843. The van der Waals surface area contributed by atoms with Crippen LogP contribution in [0, 0.1) is 6.92 Å². The van der Waals surface area contributed by atoms with E-state index in [1.165, 1.54) is 7.11 Å². The number of aromatic nitrogens is 2. The maximum Gasteiger partial charge on any atom is 0.251 e. The minimum atomic E-state index is -0.257. The highest BCUT2D eigenvalue weighted by Gasteiger charge is 2.13. The third-order valence-electron chi connectivity index (χ3n) is 3.06. The van der Waals surface area contributed by atoms with Gasteiger partial charge in [-0.05, 0) is 12.5 Å². The molecule has 6 nitrogen and oxygen atoms in total. The molecule has 2 rings (SSSR count). The number of nitrogens with zero attached hydrogens (tertiary/aromatic N) is 2. The van der Waals surface area contributed by atoms with Gasteiger partial charge in [0.25, 0.3) is 5.91 Å². The van der Waals surface area contributed by atoms with Gasteiger partial charge in [-0.15, -0.1) is 0 Å². The van der Waals surface area contributed by atoms with Crippen molar-refractivity contribution in [2.24, 2.45) is 0 Å². The molecule has 112 valence electrons. The molecule has 6 heteroatoms. The van der Waals surface area contributed by atoms with Crippen molar-refractivity contribution in [3.05, 3.63) is 35.9 Å². The molecule has 2 N–H and O–H groups in total. The summed E-state index contributed by atoms with van der Waals surface area (Å²) in [6.07, 6.45) is 0. The Morgan fingerprint density at radius 2 is 2.19 bits per heavy atom. The Balaban J connectivity index is 2.32. The van der Waals surface area contributed by atoms with Crippen molar-refractivity contribution < 1.29 is 14.6 Å². The van der Waals surface area contributed by atoms with Gasteiger partial charge in [-0.1, -0.05) is 24.3 Å². The van der Waals surface area contributed by atoms with E-state index in [0.717, 1.165) is 16.8 Å². The average Bonchev–Trinajstić information content (AvgIpc) is 2.83. The molecule has 0 radical (unpaired) electrons. The van der Waals surface area contributed by atoms with Crippen LogP contribution in [0.3, 0.4) is 0 Å². The molecule has 0 aliphatic heterocycles. The summed E-state index contributed by atoms with van der Waals surface area (Å²) < 4.78 is 6.37. The van der Waals surface area contributed by atoms with Crippen LogP contribution in [0.15, 0.2) is 30.3 Å². The van der Waals surface area contributed by atoms with Gasteiger partial charge in [-0.3, -0.25) is 4.79 Å². The lowest BCUT2D eigenvalue weighted by Gasteiger charge is -2.06. The zero-order valence-corrected chi connectivity index (χ0v) is 12.2. The lowest BCUT2D eigenvalue weighted by atomic mass is 10.1. The SMILES string of the molecule is COCC(=O)Nc1cc(-c2ccccc2C)nn1CCO. The van der Waals surface area contributed by atoms with E-state index in [4.69, 9.17) is 9.84 Å². The Morgan fingerprint density at radius 3 is 2.86 bits per heavy atom. The monoisotopic (exact) mass is 289 g/mol. The number of hydrogen-bond acceptors (Lipinski definition) is 4. The molecule has 21 heavy (non-hydrogen) atoms. The Labute approximate surface area is 123 Å². The summed E-state index contributed by atoms with van der Waals surface area (Å²) in [6, 6.07) is 9.68. The Morgan fingerprint density at radius 1 is 1.43 bits per heavy atom. The van der Waals surface area contributed by atoms with Crippen molar-refractivity contribution in [2.75, 3.05) is 25.6 Å². The van der Waals surface area contributed by atoms with Crippen molar-refractivity contribution in [1.29, 1.82) is 0 Å². The molecule has 1 aromatic heterocycles. The van der Waals surface area contributed by atoms with Gasteiger partial charge < -0.3 is 15.2 Å². The fraction of sp³-hybridized carbons (Fsp3) is 0.333. The van der Waals surface area contributed by atoms with Crippen LogP contribution >= 0.6 is 0 Å². The van der Waals surface area contributed by atoms with Crippen LogP contribution in [0.5, 0.6) is 0 Å². The van der Waals surface area contributed by atoms with Crippen LogP contribution in [-0.4, -0.2) is 41.1 Å². The summed E-state index contributed by atoms with van der Waals surface area (Å²) in [5.41, 5.74) is 2.85. The van der Waals surface area contributed by atoms with E-state index in [1.807, 2.05) is 31.2 Å². The van der Waals surface area contributed by atoms with E-state index in [0.29, 0.717) is 12.4 Å². The fourth-order valence-electron chi connectivity index (χ4n) is 2.08. The minimum absolute atomic E-state index is 0.0238. The maximum atomic E-state index is 11.6. The van der Waals surface area contributed by atoms with Crippen LogP contribution in [0.2, 0.25) is 0 Å². The number of aryl methyl sites for hydroxylation is 1. The molecule has 0 aliphatic rings. The molecule has 0 unspecified atom stereocenters. The number of carbonyl (C=O) groups excluding carboxylic acids is 1. The standard InChI is InChI=1S/C15H19N3O3/c1-11-5-3-4-6-12(11)13-9-14(16-15(20)10-21-2)18(17-13)7-8-19/h3-6,9,19H,7-8,10H2,1-2H3,(H,16,20). The highest BCUT2D eigenvalue weighted by atomic mass is 16.5. The van der Waals surface area contributed by atoms with E-state index >= 15 is 0 Å². The van der Waals surface area contributed by atoms with Crippen molar-refractivity contribution in [3.63, 3.8) is 0 Å². The highest BCUT2D eigenvalue weighted by molar-refractivity contribution is 5.91. The van der Waals surface area contributed by atoms with Gasteiger partial charge in [-0.2, -0.15) is 5.10 Å². The molecule has 0 saturated carbocycles. The van der Waals surface area contributed by atoms with E-state index in [2.05, 4.69) is 10.4 Å². The van der Waals surface area contributed by atoms with Crippen LogP contribution < -0.4 is 5.32 Å². The first-order valence-corrected chi connectivity index (χ1v) is 6.69. The maximum absolute atomic E-state index is 11.6. The van der Waals surface area contributed by atoms with E-state index in [9.17, 15) is 4.79 Å². The van der Waals surface area contributed by atoms with E-state index in [-0.39, 0.29) is 19.1 Å². The summed E-state index contributed by atoms with van der Waals surface area (Å²) in [5, 5.41) is 16.3. The molecule has 0 aliphatic carbocycles. The van der Waals surface area contributed by atoms with Crippen LogP contribution in [0.1, 0.15) is 5.56 Å². The lowest BCUT2D eigenvalue weighted by Crippen LogP contribution is -2.20. The van der Waals surface area contributed by atoms with Gasteiger partial charge in [-0.25, -0.2) is 4.68 Å². The number of rotatable bonds is 6. The molecule has 0 spiro atoms. The first kappa shape index (κ1) is 15.2. The first-order chi connectivity index (χ1) is 10.2. The van der Waals surface area contributed by atoms with Gasteiger partial charge in [0, 0.05) is 18.7 Å².